The average molecular weight is 478 g/mol. The summed E-state index contributed by atoms with van der Waals surface area (Å²) in [5.41, 5.74) is 2.55. The number of benzene rings is 2. The van der Waals surface area contributed by atoms with E-state index in [1.54, 1.807) is 36.5 Å². The Morgan fingerprint density at radius 3 is 2.41 bits per heavy atom. The van der Waals surface area contributed by atoms with Crippen LogP contribution in [-0.4, -0.2) is 36.7 Å². The van der Waals surface area contributed by atoms with Crippen molar-refractivity contribution >= 4 is 22.0 Å². The van der Waals surface area contributed by atoms with Crippen LogP contribution in [0.2, 0.25) is 0 Å². The van der Waals surface area contributed by atoms with Crippen molar-refractivity contribution in [3.63, 3.8) is 0 Å². The molecule has 4 rings (SSSR count). The highest BCUT2D eigenvalue weighted by molar-refractivity contribution is 7.89. The number of nitrogens with zero attached hydrogens (tertiary/aromatic N) is 2. The zero-order chi connectivity index (χ0) is 23.8. The maximum absolute atomic E-state index is 12.6. The molecule has 0 aliphatic carbocycles. The van der Waals surface area contributed by atoms with E-state index < -0.39 is 10.0 Å². The van der Waals surface area contributed by atoms with Crippen LogP contribution >= 0.6 is 0 Å². The van der Waals surface area contributed by atoms with Crippen LogP contribution in [-0.2, 0) is 28.0 Å². The number of aromatic nitrogens is 1. The highest BCUT2D eigenvalue weighted by Crippen LogP contribution is 2.21. The minimum Gasteiger partial charge on any atom is -0.487 e. The molecular formula is C26H27N3O4S. The minimum atomic E-state index is -3.42. The fraction of sp³-hybridized carbons (Fsp3) is 0.231. The number of ether oxygens (including phenoxy) is 1. The summed E-state index contributed by atoms with van der Waals surface area (Å²) in [5.74, 6) is 0.492. The smallest absolute Gasteiger partial charge is 0.244 e. The summed E-state index contributed by atoms with van der Waals surface area (Å²) in [4.78, 5) is 16.7. The van der Waals surface area contributed by atoms with Crippen LogP contribution in [0.4, 0.5) is 0 Å². The fourth-order valence-corrected chi connectivity index (χ4v) is 5.11. The first-order valence-corrected chi connectivity index (χ1v) is 12.6. The number of amides is 1. The first-order chi connectivity index (χ1) is 16.5. The summed E-state index contributed by atoms with van der Waals surface area (Å²) in [6.07, 6.45) is 6.73. The summed E-state index contributed by atoms with van der Waals surface area (Å²) in [5, 5.41) is 2.82. The largest absolute Gasteiger partial charge is 0.487 e. The first kappa shape index (κ1) is 23.7. The molecule has 1 fully saturated rings. The van der Waals surface area contributed by atoms with Crippen LogP contribution in [0.3, 0.4) is 0 Å². The Bertz CT molecular complexity index is 1220. The lowest BCUT2D eigenvalue weighted by Crippen LogP contribution is -2.27. The van der Waals surface area contributed by atoms with Crippen LogP contribution in [0.25, 0.3) is 6.08 Å². The van der Waals surface area contributed by atoms with Gasteiger partial charge in [0.25, 0.3) is 0 Å². The number of pyridine rings is 1. The lowest BCUT2D eigenvalue weighted by atomic mass is 10.2. The summed E-state index contributed by atoms with van der Waals surface area (Å²) >= 11 is 0. The van der Waals surface area contributed by atoms with E-state index in [2.05, 4.69) is 10.3 Å². The molecule has 0 spiro atoms. The highest BCUT2D eigenvalue weighted by Gasteiger charge is 2.26. The molecule has 176 valence electrons. The van der Waals surface area contributed by atoms with Gasteiger partial charge in [-0.3, -0.25) is 9.78 Å². The molecule has 0 bridgehead atoms. The van der Waals surface area contributed by atoms with Gasteiger partial charge in [0.1, 0.15) is 12.4 Å². The third-order valence-corrected chi connectivity index (χ3v) is 7.43. The monoisotopic (exact) mass is 477 g/mol. The Hall–Kier alpha value is -3.49. The molecule has 0 saturated carbocycles. The van der Waals surface area contributed by atoms with E-state index in [0.717, 1.165) is 35.4 Å². The third-order valence-electron chi connectivity index (χ3n) is 5.51. The van der Waals surface area contributed by atoms with Gasteiger partial charge in [-0.15, -0.1) is 0 Å². The van der Waals surface area contributed by atoms with E-state index in [0.29, 0.717) is 26.2 Å². The molecule has 1 saturated heterocycles. The maximum atomic E-state index is 12.6. The SMILES string of the molecule is O=C(C=Cc1ccc(OCc2ccccn2)cc1)NCc1ccc(S(=O)(=O)N2CCCC2)cc1. The van der Waals surface area contributed by atoms with Gasteiger partial charge < -0.3 is 10.1 Å². The summed E-state index contributed by atoms with van der Waals surface area (Å²) in [6, 6.07) is 19.8. The van der Waals surface area contributed by atoms with Gasteiger partial charge in [-0.25, -0.2) is 8.42 Å². The van der Waals surface area contributed by atoms with Gasteiger partial charge in [0.05, 0.1) is 10.6 Å². The second kappa shape index (κ2) is 11.1. The molecule has 1 aromatic heterocycles. The van der Waals surface area contributed by atoms with Crippen LogP contribution < -0.4 is 10.1 Å². The fourth-order valence-electron chi connectivity index (χ4n) is 3.59. The summed E-state index contributed by atoms with van der Waals surface area (Å²) < 4.78 is 32.4. The molecule has 1 aliphatic heterocycles. The molecular weight excluding hydrogens is 450 g/mol. The van der Waals surface area contributed by atoms with E-state index in [-0.39, 0.29) is 10.8 Å². The van der Waals surface area contributed by atoms with E-state index in [9.17, 15) is 13.2 Å². The van der Waals surface area contributed by atoms with Crippen molar-refractivity contribution in [3.8, 4) is 5.75 Å². The molecule has 3 aromatic rings. The normalized spacial score (nSPS) is 14.4. The van der Waals surface area contributed by atoms with E-state index in [1.807, 2.05) is 42.5 Å². The molecule has 1 amide bonds. The van der Waals surface area contributed by atoms with E-state index in [4.69, 9.17) is 4.74 Å². The van der Waals surface area contributed by atoms with Crippen molar-refractivity contribution < 1.29 is 17.9 Å². The molecule has 2 aromatic carbocycles. The number of carbonyl (C=O) groups excluding carboxylic acids is 1. The quantitative estimate of drug-likeness (QED) is 0.474. The highest BCUT2D eigenvalue weighted by atomic mass is 32.2. The minimum absolute atomic E-state index is 0.232. The van der Waals surface area contributed by atoms with Gasteiger partial charge >= 0.3 is 0 Å². The molecule has 0 unspecified atom stereocenters. The van der Waals surface area contributed by atoms with Crippen LogP contribution in [0.15, 0.2) is 83.9 Å². The summed E-state index contributed by atoms with van der Waals surface area (Å²) in [7, 11) is -3.42. The zero-order valence-corrected chi connectivity index (χ0v) is 19.6. The Kier molecular flexibility index (Phi) is 7.72. The van der Waals surface area contributed by atoms with Gasteiger partial charge in [0.2, 0.25) is 15.9 Å². The lowest BCUT2D eigenvalue weighted by Gasteiger charge is -2.15. The Balaban J connectivity index is 1.24. The predicted octanol–water partition coefficient (Wildman–Crippen LogP) is 3.77. The Labute approximate surface area is 200 Å². The molecule has 1 aliphatic rings. The van der Waals surface area contributed by atoms with Crippen molar-refractivity contribution in [2.75, 3.05) is 13.1 Å². The van der Waals surface area contributed by atoms with Gasteiger partial charge in [-0.1, -0.05) is 30.3 Å². The zero-order valence-electron chi connectivity index (χ0n) is 18.8. The Morgan fingerprint density at radius 2 is 1.74 bits per heavy atom. The number of carbonyl (C=O) groups is 1. The van der Waals surface area contributed by atoms with E-state index in [1.165, 1.54) is 10.4 Å². The second-order valence-electron chi connectivity index (χ2n) is 7.99. The van der Waals surface area contributed by atoms with Crippen LogP contribution in [0.5, 0.6) is 5.75 Å². The number of rotatable bonds is 9. The van der Waals surface area contributed by atoms with Crippen molar-refractivity contribution in [3.05, 3.63) is 95.8 Å². The third kappa shape index (κ3) is 6.30. The number of sulfonamides is 1. The van der Waals surface area contributed by atoms with Crippen molar-refractivity contribution in [2.45, 2.75) is 30.9 Å². The molecule has 0 atom stereocenters. The predicted molar refractivity (Wildman–Crippen MR) is 130 cm³/mol. The lowest BCUT2D eigenvalue weighted by molar-refractivity contribution is -0.116. The van der Waals surface area contributed by atoms with Gasteiger partial charge in [0.15, 0.2) is 0 Å². The number of hydrogen-bond donors (Lipinski definition) is 1. The van der Waals surface area contributed by atoms with Gasteiger partial charge in [-0.05, 0) is 66.4 Å². The van der Waals surface area contributed by atoms with Crippen molar-refractivity contribution in [2.24, 2.45) is 0 Å². The molecule has 7 nitrogen and oxygen atoms in total. The Morgan fingerprint density at radius 1 is 1.00 bits per heavy atom. The van der Waals surface area contributed by atoms with Crippen molar-refractivity contribution in [1.29, 1.82) is 0 Å². The standard InChI is InChI=1S/C26H27N3O4S/c30-26(15-10-21-6-11-24(12-7-21)33-20-23-5-1-2-16-27-23)28-19-22-8-13-25(14-9-22)34(31,32)29-17-3-4-18-29/h1-2,5-16H,3-4,17-20H2,(H,28,30). The molecule has 1 N–H and O–H groups in total. The maximum Gasteiger partial charge on any atom is 0.244 e. The topological polar surface area (TPSA) is 88.6 Å². The second-order valence-corrected chi connectivity index (χ2v) is 9.92. The summed E-state index contributed by atoms with van der Waals surface area (Å²) in [6.45, 7) is 1.86. The number of hydrogen-bond acceptors (Lipinski definition) is 5. The van der Waals surface area contributed by atoms with Crippen molar-refractivity contribution in [1.82, 2.24) is 14.6 Å². The van der Waals surface area contributed by atoms with Gasteiger partial charge in [-0.2, -0.15) is 4.31 Å². The number of nitrogens with one attached hydrogen (secondary N) is 1. The van der Waals surface area contributed by atoms with Gasteiger partial charge in [0, 0.05) is 31.9 Å². The molecule has 2 heterocycles. The van der Waals surface area contributed by atoms with Crippen LogP contribution in [0.1, 0.15) is 29.7 Å². The average Bonchev–Trinajstić information content (AvgIpc) is 3.43. The first-order valence-electron chi connectivity index (χ1n) is 11.2. The molecule has 0 radical (unpaired) electrons. The van der Waals surface area contributed by atoms with E-state index >= 15 is 0 Å². The van der Waals surface area contributed by atoms with Crippen LogP contribution in [0, 0.1) is 0 Å². The molecule has 8 heteroatoms. The molecule has 34 heavy (non-hydrogen) atoms.